The van der Waals surface area contributed by atoms with Crippen LogP contribution in [0.2, 0.25) is 10.0 Å². The number of rotatable bonds is 4. The van der Waals surface area contributed by atoms with E-state index in [0.717, 1.165) is 12.0 Å². The Hall–Kier alpha value is 0.0169. The van der Waals surface area contributed by atoms with Gasteiger partial charge in [-0.05, 0) is 23.6 Å². The first-order valence-electron chi connectivity index (χ1n) is 4.81. The zero-order chi connectivity index (χ0) is 10.6. The first kappa shape index (κ1) is 12.1. The molecule has 3 radical (unpaired) electrons. The van der Waals surface area contributed by atoms with Crippen molar-refractivity contribution in [3.63, 3.8) is 0 Å². The molecule has 1 atom stereocenters. The van der Waals surface area contributed by atoms with Crippen molar-refractivity contribution in [3.05, 3.63) is 33.8 Å². The van der Waals surface area contributed by atoms with E-state index in [9.17, 15) is 0 Å². The van der Waals surface area contributed by atoms with Gasteiger partial charge in [-0.3, -0.25) is 0 Å². The largest absolute Gasteiger partial charge is 0.0827 e. The highest BCUT2D eigenvalue weighted by Crippen LogP contribution is 2.31. The van der Waals surface area contributed by atoms with Crippen molar-refractivity contribution in [1.29, 1.82) is 0 Å². The van der Waals surface area contributed by atoms with Gasteiger partial charge in [0.15, 0.2) is 0 Å². The van der Waals surface area contributed by atoms with Gasteiger partial charge in [-0.15, -0.1) is 0 Å². The Morgan fingerprint density at radius 2 is 2.07 bits per heavy atom. The maximum atomic E-state index is 6.10. The predicted octanol–water partition coefficient (Wildman–Crippen LogP) is 4.39. The molecular weight excluding hydrogens is 231 g/mol. The summed E-state index contributed by atoms with van der Waals surface area (Å²) in [5, 5.41) is 1.30. The van der Waals surface area contributed by atoms with Crippen LogP contribution < -0.4 is 0 Å². The number of unbranched alkanes of at least 4 members (excludes halogenated alkanes) is 1. The van der Waals surface area contributed by atoms with Crippen LogP contribution in [0.4, 0.5) is 0 Å². The normalized spacial score (nSPS) is 12.9. The summed E-state index contributed by atoms with van der Waals surface area (Å²) in [6, 6.07) is 5.76. The highest BCUT2D eigenvalue weighted by atomic mass is 35.5. The van der Waals surface area contributed by atoms with Gasteiger partial charge in [0.05, 0.1) is 10.0 Å². The molecule has 1 unspecified atom stereocenters. The Labute approximate surface area is 99.0 Å². The zero-order valence-corrected chi connectivity index (χ0v) is 10.7. The lowest BCUT2D eigenvalue weighted by Crippen LogP contribution is -1.99. The minimum Gasteiger partial charge on any atom is -0.0827 e. The van der Waals surface area contributed by atoms with E-state index >= 15 is 0 Å². The van der Waals surface area contributed by atoms with Crippen molar-refractivity contribution in [3.8, 4) is 0 Å². The van der Waals surface area contributed by atoms with Crippen LogP contribution in [0.25, 0.3) is 0 Å². The SMILES string of the molecule is CCCCC([Si])c1cccc(Cl)c1Cl. The number of hydrogen-bond acceptors (Lipinski definition) is 0. The van der Waals surface area contributed by atoms with Crippen LogP contribution >= 0.6 is 23.2 Å². The first-order chi connectivity index (χ1) is 6.66. The summed E-state index contributed by atoms with van der Waals surface area (Å²) in [7, 11) is 3.68. The molecule has 0 aliphatic rings. The van der Waals surface area contributed by atoms with Crippen molar-refractivity contribution in [2.24, 2.45) is 0 Å². The van der Waals surface area contributed by atoms with E-state index in [-0.39, 0.29) is 0 Å². The molecule has 0 amide bonds. The third kappa shape index (κ3) is 3.01. The fourth-order valence-corrected chi connectivity index (χ4v) is 2.33. The maximum absolute atomic E-state index is 6.10. The van der Waals surface area contributed by atoms with Gasteiger partial charge in [-0.2, -0.15) is 0 Å². The highest BCUT2D eigenvalue weighted by molar-refractivity contribution is 6.42. The second-order valence-corrected chi connectivity index (χ2v) is 4.82. The summed E-state index contributed by atoms with van der Waals surface area (Å²) in [6.45, 7) is 2.18. The third-order valence-electron chi connectivity index (χ3n) is 2.20. The van der Waals surface area contributed by atoms with E-state index in [4.69, 9.17) is 23.2 Å². The summed E-state index contributed by atoms with van der Waals surface area (Å²) in [6.07, 6.45) is 3.48. The summed E-state index contributed by atoms with van der Waals surface area (Å²) in [4.78, 5) is 0. The van der Waals surface area contributed by atoms with E-state index in [1.54, 1.807) is 0 Å². The Morgan fingerprint density at radius 1 is 1.36 bits per heavy atom. The zero-order valence-electron chi connectivity index (χ0n) is 8.19. The molecule has 3 heteroatoms. The minimum absolute atomic E-state index is 0.307. The van der Waals surface area contributed by atoms with E-state index in [1.807, 2.05) is 18.2 Å². The summed E-state index contributed by atoms with van der Waals surface area (Å²) < 4.78 is 0. The molecule has 0 fully saturated rings. The summed E-state index contributed by atoms with van der Waals surface area (Å²) >= 11 is 12.0. The molecule has 0 saturated heterocycles. The molecule has 0 aliphatic carbocycles. The lowest BCUT2D eigenvalue weighted by atomic mass is 10.1. The summed E-state index contributed by atoms with van der Waals surface area (Å²) in [5.41, 5.74) is 1.39. The third-order valence-corrected chi connectivity index (χ3v) is 3.64. The molecule has 0 spiro atoms. The van der Waals surface area contributed by atoms with Crippen LogP contribution in [-0.4, -0.2) is 10.2 Å². The maximum Gasteiger partial charge on any atom is 0.0623 e. The quantitative estimate of drug-likeness (QED) is 0.689. The number of benzene rings is 1. The fraction of sp³-hybridized carbons (Fsp3) is 0.455. The Morgan fingerprint density at radius 3 is 2.71 bits per heavy atom. The van der Waals surface area contributed by atoms with Crippen molar-refractivity contribution < 1.29 is 0 Å². The predicted molar refractivity (Wildman–Crippen MR) is 64.5 cm³/mol. The van der Waals surface area contributed by atoms with Crippen LogP contribution in [0, 0.1) is 0 Å². The van der Waals surface area contributed by atoms with Crippen LogP contribution in [0.15, 0.2) is 18.2 Å². The van der Waals surface area contributed by atoms with Crippen molar-refractivity contribution in [2.75, 3.05) is 0 Å². The van der Waals surface area contributed by atoms with E-state index in [2.05, 4.69) is 17.2 Å². The molecule has 0 bridgehead atoms. The molecule has 0 aliphatic heterocycles. The second-order valence-electron chi connectivity index (χ2n) is 3.34. The molecular formula is C11H13Cl2Si. The molecule has 0 heterocycles. The molecule has 0 aromatic heterocycles. The smallest absolute Gasteiger partial charge is 0.0623 e. The second kappa shape index (κ2) is 5.79. The van der Waals surface area contributed by atoms with Crippen molar-refractivity contribution >= 4 is 33.4 Å². The van der Waals surface area contributed by atoms with Crippen molar-refractivity contribution in [1.82, 2.24) is 0 Å². The molecule has 0 saturated carbocycles. The van der Waals surface area contributed by atoms with Gasteiger partial charge < -0.3 is 0 Å². The van der Waals surface area contributed by atoms with Gasteiger partial charge in [0.1, 0.15) is 0 Å². The molecule has 14 heavy (non-hydrogen) atoms. The molecule has 75 valence electrons. The molecule has 1 rings (SSSR count). The molecule has 0 nitrogen and oxygen atoms in total. The topological polar surface area (TPSA) is 0 Å². The van der Waals surface area contributed by atoms with Gasteiger partial charge in [0, 0.05) is 10.2 Å². The van der Waals surface area contributed by atoms with Crippen LogP contribution in [-0.2, 0) is 0 Å². The first-order valence-corrected chi connectivity index (χ1v) is 6.15. The average Bonchev–Trinajstić information content (AvgIpc) is 2.18. The standard InChI is InChI=1S/C11H13Cl2Si/c1-2-3-7-10(14)8-5-4-6-9(12)11(8)13/h4-6,10H,2-3,7H2,1H3. The van der Waals surface area contributed by atoms with Crippen molar-refractivity contribution in [2.45, 2.75) is 31.7 Å². The van der Waals surface area contributed by atoms with E-state index in [1.165, 1.54) is 12.8 Å². The highest BCUT2D eigenvalue weighted by Gasteiger charge is 2.10. The van der Waals surface area contributed by atoms with Gasteiger partial charge >= 0.3 is 0 Å². The fourth-order valence-electron chi connectivity index (χ4n) is 1.35. The monoisotopic (exact) mass is 243 g/mol. The lowest BCUT2D eigenvalue weighted by Gasteiger charge is -2.13. The Bertz CT molecular complexity index is 299. The minimum atomic E-state index is 0.307. The summed E-state index contributed by atoms with van der Waals surface area (Å²) in [5.74, 6) is 0. The molecule has 1 aromatic carbocycles. The van der Waals surface area contributed by atoms with E-state index < -0.39 is 0 Å². The Balaban J connectivity index is 2.79. The van der Waals surface area contributed by atoms with Gasteiger partial charge in [-0.25, -0.2) is 0 Å². The van der Waals surface area contributed by atoms with Crippen LogP contribution in [0.1, 0.15) is 37.3 Å². The Kier molecular flexibility index (Phi) is 5.00. The van der Waals surface area contributed by atoms with E-state index in [0.29, 0.717) is 15.6 Å². The number of hydrogen-bond donors (Lipinski definition) is 0. The van der Waals surface area contributed by atoms with Crippen LogP contribution in [0.3, 0.4) is 0 Å². The average molecular weight is 244 g/mol. The van der Waals surface area contributed by atoms with Gasteiger partial charge in [0.2, 0.25) is 0 Å². The van der Waals surface area contributed by atoms with Gasteiger partial charge in [-0.1, -0.05) is 55.1 Å². The van der Waals surface area contributed by atoms with Crippen LogP contribution in [0.5, 0.6) is 0 Å². The molecule has 0 N–H and O–H groups in total. The lowest BCUT2D eigenvalue weighted by molar-refractivity contribution is 0.700. The number of halogens is 2. The molecule has 1 aromatic rings. The van der Waals surface area contributed by atoms with Gasteiger partial charge in [0.25, 0.3) is 0 Å².